The van der Waals surface area contributed by atoms with Crippen molar-refractivity contribution >= 4 is 12.4 Å². The van der Waals surface area contributed by atoms with Gasteiger partial charge in [-0.2, -0.15) is 0 Å². The largest absolute Gasteiger partial charge is 0.329 e. The van der Waals surface area contributed by atoms with E-state index in [1.807, 2.05) is 7.05 Å². The van der Waals surface area contributed by atoms with Crippen molar-refractivity contribution in [3.05, 3.63) is 0 Å². The highest BCUT2D eigenvalue weighted by Gasteiger charge is 2.19. The van der Waals surface area contributed by atoms with Crippen LogP contribution >= 0.6 is 12.4 Å². The normalized spacial score (nSPS) is 25.1. The summed E-state index contributed by atoms with van der Waals surface area (Å²) in [4.78, 5) is 2.40. The average molecular weight is 180 g/mol. The molecule has 1 saturated heterocycles. The Bertz CT molecular complexity index is 99.7. The van der Waals surface area contributed by atoms with Gasteiger partial charge in [-0.3, -0.25) is 0 Å². The Morgan fingerprint density at radius 2 is 2.36 bits per heavy atom. The van der Waals surface area contributed by atoms with Crippen molar-refractivity contribution in [1.82, 2.24) is 10.2 Å². The van der Waals surface area contributed by atoms with Crippen LogP contribution in [0.15, 0.2) is 0 Å². The Balaban J connectivity index is 0.000001000. The number of hydrogen-bond donors (Lipinski definition) is 2. The van der Waals surface area contributed by atoms with Crippen molar-refractivity contribution in [3.8, 4) is 0 Å². The van der Waals surface area contributed by atoms with Crippen LogP contribution < -0.4 is 11.1 Å². The Morgan fingerprint density at radius 3 is 2.82 bits per heavy atom. The first kappa shape index (κ1) is 11.2. The Morgan fingerprint density at radius 1 is 1.64 bits per heavy atom. The lowest BCUT2D eigenvalue weighted by molar-refractivity contribution is 0.339. The number of halogens is 1. The van der Waals surface area contributed by atoms with Crippen LogP contribution in [0.1, 0.15) is 6.42 Å². The van der Waals surface area contributed by atoms with Crippen LogP contribution in [0.2, 0.25) is 0 Å². The SMILES string of the molecule is CNC1CCN(CCN)C1.Cl. The van der Waals surface area contributed by atoms with E-state index < -0.39 is 0 Å². The molecule has 0 bridgehead atoms. The number of nitrogens with one attached hydrogen (secondary N) is 1. The second kappa shape index (κ2) is 5.77. The Labute approximate surface area is 74.7 Å². The maximum absolute atomic E-state index is 5.43. The van der Waals surface area contributed by atoms with Gasteiger partial charge in [-0.15, -0.1) is 12.4 Å². The smallest absolute Gasteiger partial charge is 0.0204 e. The standard InChI is InChI=1S/C7H17N3.ClH/c1-9-7-2-4-10(6-7)5-3-8;/h7,9H,2-6,8H2,1H3;1H. The lowest BCUT2D eigenvalue weighted by Gasteiger charge is -2.13. The van der Waals surface area contributed by atoms with E-state index in [1.54, 1.807) is 0 Å². The van der Waals surface area contributed by atoms with Crippen LogP contribution in [-0.2, 0) is 0 Å². The molecule has 1 rings (SSSR count). The minimum atomic E-state index is 0. The van der Waals surface area contributed by atoms with Crippen molar-refractivity contribution in [1.29, 1.82) is 0 Å². The quantitative estimate of drug-likeness (QED) is 0.623. The van der Waals surface area contributed by atoms with E-state index in [1.165, 1.54) is 19.5 Å². The molecule has 68 valence electrons. The van der Waals surface area contributed by atoms with E-state index in [4.69, 9.17) is 5.73 Å². The van der Waals surface area contributed by atoms with Crippen LogP contribution in [-0.4, -0.2) is 44.2 Å². The lowest BCUT2D eigenvalue weighted by atomic mass is 10.3. The van der Waals surface area contributed by atoms with E-state index in [0.717, 1.165) is 13.1 Å². The molecule has 4 heteroatoms. The summed E-state index contributed by atoms with van der Waals surface area (Å²) in [5.74, 6) is 0. The van der Waals surface area contributed by atoms with E-state index in [0.29, 0.717) is 6.04 Å². The molecular formula is C7H18ClN3. The van der Waals surface area contributed by atoms with Gasteiger partial charge < -0.3 is 16.0 Å². The van der Waals surface area contributed by atoms with Crippen molar-refractivity contribution in [2.75, 3.05) is 33.2 Å². The zero-order chi connectivity index (χ0) is 7.40. The van der Waals surface area contributed by atoms with Crippen LogP contribution in [0.5, 0.6) is 0 Å². The van der Waals surface area contributed by atoms with Gasteiger partial charge in [-0.1, -0.05) is 0 Å². The molecule has 1 aliphatic rings. The first-order chi connectivity index (χ1) is 4.86. The topological polar surface area (TPSA) is 41.3 Å². The fourth-order valence-electron chi connectivity index (χ4n) is 1.45. The minimum absolute atomic E-state index is 0. The summed E-state index contributed by atoms with van der Waals surface area (Å²) >= 11 is 0. The van der Waals surface area contributed by atoms with Gasteiger partial charge in [0.2, 0.25) is 0 Å². The van der Waals surface area contributed by atoms with E-state index in [2.05, 4.69) is 10.2 Å². The zero-order valence-corrected chi connectivity index (χ0v) is 7.86. The van der Waals surface area contributed by atoms with Crippen molar-refractivity contribution < 1.29 is 0 Å². The third kappa shape index (κ3) is 3.38. The predicted octanol–water partition coefficient (Wildman–Crippen LogP) is -0.339. The molecule has 0 amide bonds. The number of likely N-dealkylation sites (N-methyl/N-ethyl adjacent to an activating group) is 1. The summed E-state index contributed by atoms with van der Waals surface area (Å²) in [5.41, 5.74) is 5.43. The molecule has 0 radical (unpaired) electrons. The van der Waals surface area contributed by atoms with Crippen molar-refractivity contribution in [2.24, 2.45) is 5.73 Å². The third-order valence-electron chi connectivity index (χ3n) is 2.13. The van der Waals surface area contributed by atoms with Gasteiger partial charge in [0, 0.05) is 25.7 Å². The minimum Gasteiger partial charge on any atom is -0.329 e. The third-order valence-corrected chi connectivity index (χ3v) is 2.13. The van der Waals surface area contributed by atoms with Gasteiger partial charge in [-0.25, -0.2) is 0 Å². The summed E-state index contributed by atoms with van der Waals surface area (Å²) < 4.78 is 0. The molecule has 3 nitrogen and oxygen atoms in total. The van der Waals surface area contributed by atoms with Gasteiger partial charge in [0.05, 0.1) is 0 Å². The molecule has 1 aliphatic heterocycles. The van der Waals surface area contributed by atoms with E-state index in [9.17, 15) is 0 Å². The molecule has 1 unspecified atom stereocenters. The molecule has 11 heavy (non-hydrogen) atoms. The summed E-state index contributed by atoms with van der Waals surface area (Å²) in [6, 6.07) is 0.701. The lowest BCUT2D eigenvalue weighted by Crippen LogP contribution is -2.32. The van der Waals surface area contributed by atoms with Crippen LogP contribution in [0.4, 0.5) is 0 Å². The van der Waals surface area contributed by atoms with E-state index in [-0.39, 0.29) is 12.4 Å². The average Bonchev–Trinajstić information content (AvgIpc) is 2.37. The monoisotopic (exact) mass is 179 g/mol. The molecule has 0 aromatic heterocycles. The van der Waals surface area contributed by atoms with Crippen molar-refractivity contribution in [2.45, 2.75) is 12.5 Å². The van der Waals surface area contributed by atoms with Gasteiger partial charge >= 0.3 is 0 Å². The molecule has 1 atom stereocenters. The molecule has 0 aromatic rings. The highest BCUT2D eigenvalue weighted by Crippen LogP contribution is 2.06. The maximum atomic E-state index is 5.43. The molecule has 0 aromatic carbocycles. The second-order valence-corrected chi connectivity index (χ2v) is 2.86. The van der Waals surface area contributed by atoms with Crippen molar-refractivity contribution in [3.63, 3.8) is 0 Å². The number of likely N-dealkylation sites (tertiary alicyclic amines) is 1. The van der Waals surface area contributed by atoms with Crippen LogP contribution in [0.3, 0.4) is 0 Å². The predicted molar refractivity (Wildman–Crippen MR) is 50.2 cm³/mol. The highest BCUT2D eigenvalue weighted by atomic mass is 35.5. The molecule has 1 heterocycles. The summed E-state index contributed by atoms with van der Waals surface area (Å²) in [7, 11) is 2.02. The summed E-state index contributed by atoms with van der Waals surface area (Å²) in [6.45, 7) is 4.23. The highest BCUT2D eigenvalue weighted by molar-refractivity contribution is 5.85. The Kier molecular flexibility index (Phi) is 5.86. The number of hydrogen-bond acceptors (Lipinski definition) is 3. The summed E-state index contributed by atoms with van der Waals surface area (Å²) in [6.07, 6.45) is 1.27. The fourth-order valence-corrected chi connectivity index (χ4v) is 1.45. The first-order valence-electron chi connectivity index (χ1n) is 3.96. The van der Waals surface area contributed by atoms with Gasteiger partial charge in [0.25, 0.3) is 0 Å². The first-order valence-corrected chi connectivity index (χ1v) is 3.96. The molecular weight excluding hydrogens is 162 g/mol. The molecule has 1 fully saturated rings. The van der Waals surface area contributed by atoms with Gasteiger partial charge in [0.1, 0.15) is 0 Å². The molecule has 3 N–H and O–H groups in total. The van der Waals surface area contributed by atoms with Gasteiger partial charge in [-0.05, 0) is 20.0 Å². The maximum Gasteiger partial charge on any atom is 0.0204 e. The Hall–Kier alpha value is 0.170. The summed E-state index contributed by atoms with van der Waals surface area (Å²) in [5, 5.41) is 3.27. The molecule has 0 saturated carbocycles. The molecule has 0 spiro atoms. The number of nitrogens with zero attached hydrogens (tertiary/aromatic N) is 1. The van der Waals surface area contributed by atoms with E-state index >= 15 is 0 Å². The van der Waals surface area contributed by atoms with Gasteiger partial charge in [0.15, 0.2) is 0 Å². The number of rotatable bonds is 3. The van der Waals surface area contributed by atoms with Crippen LogP contribution in [0.25, 0.3) is 0 Å². The van der Waals surface area contributed by atoms with Crippen LogP contribution in [0, 0.1) is 0 Å². The fraction of sp³-hybridized carbons (Fsp3) is 1.00. The number of nitrogens with two attached hydrogens (primary N) is 1. The second-order valence-electron chi connectivity index (χ2n) is 2.86. The molecule has 0 aliphatic carbocycles. The zero-order valence-electron chi connectivity index (χ0n) is 7.05.